The zero-order valence-corrected chi connectivity index (χ0v) is 13.7. The summed E-state index contributed by atoms with van der Waals surface area (Å²) >= 11 is 0. The van der Waals surface area contributed by atoms with E-state index in [4.69, 9.17) is 4.74 Å². The molecule has 0 saturated carbocycles. The van der Waals surface area contributed by atoms with Crippen molar-refractivity contribution in [2.45, 2.75) is 39.5 Å². The van der Waals surface area contributed by atoms with E-state index in [1.165, 1.54) is 24.8 Å². The van der Waals surface area contributed by atoms with Crippen LogP contribution >= 0.6 is 0 Å². The second-order valence-corrected chi connectivity index (χ2v) is 5.81. The summed E-state index contributed by atoms with van der Waals surface area (Å²) < 4.78 is 18.1. The highest BCUT2D eigenvalue weighted by molar-refractivity contribution is 5.16. The lowest BCUT2D eigenvalue weighted by atomic mass is 9.86. The molecule has 120 valence electrons. The summed E-state index contributed by atoms with van der Waals surface area (Å²) in [5.74, 6) is 1.21. The topological polar surface area (TPSA) is 21.3 Å². The molecule has 1 N–H and O–H groups in total. The molecule has 1 aromatic carbocycles. The third-order valence-corrected chi connectivity index (χ3v) is 4.17. The van der Waals surface area contributed by atoms with Crippen LogP contribution in [0.25, 0.3) is 0 Å². The first-order valence-electron chi connectivity index (χ1n) is 8.13. The van der Waals surface area contributed by atoms with E-state index in [1.54, 1.807) is 19.2 Å². The summed E-state index contributed by atoms with van der Waals surface area (Å²) in [6, 6.07) is 6.93. The van der Waals surface area contributed by atoms with Gasteiger partial charge in [-0.15, -0.1) is 0 Å². The summed E-state index contributed by atoms with van der Waals surface area (Å²) in [6.45, 7) is 7.16. The highest BCUT2D eigenvalue weighted by Gasteiger charge is 2.15. The molecule has 1 rings (SSSR count). The fourth-order valence-corrected chi connectivity index (χ4v) is 2.77. The van der Waals surface area contributed by atoms with Crippen LogP contribution in [0.3, 0.4) is 0 Å². The van der Waals surface area contributed by atoms with Crippen LogP contribution in [0.2, 0.25) is 0 Å². The number of ether oxygens (including phenoxy) is 1. The highest BCUT2D eigenvalue weighted by atomic mass is 19.1. The van der Waals surface area contributed by atoms with Crippen LogP contribution in [-0.2, 0) is 11.2 Å². The Balaban J connectivity index is 2.54. The third kappa shape index (κ3) is 7.58. The van der Waals surface area contributed by atoms with Crippen LogP contribution in [0, 0.1) is 17.7 Å². The zero-order chi connectivity index (χ0) is 15.5. The van der Waals surface area contributed by atoms with Gasteiger partial charge in [0.1, 0.15) is 5.82 Å². The van der Waals surface area contributed by atoms with E-state index in [2.05, 4.69) is 19.2 Å². The Labute approximate surface area is 129 Å². The lowest BCUT2D eigenvalue weighted by Gasteiger charge is -2.22. The van der Waals surface area contributed by atoms with Gasteiger partial charge in [-0.1, -0.05) is 38.8 Å². The Morgan fingerprint density at radius 2 is 1.76 bits per heavy atom. The van der Waals surface area contributed by atoms with Gasteiger partial charge >= 0.3 is 0 Å². The molecule has 0 aliphatic carbocycles. The third-order valence-electron chi connectivity index (χ3n) is 4.17. The SMILES string of the molecule is CCC(CC)CC(CNCCOC)Cc1ccc(F)cc1. The molecule has 0 aliphatic heterocycles. The minimum atomic E-state index is -0.159. The van der Waals surface area contributed by atoms with Gasteiger partial charge in [-0.3, -0.25) is 0 Å². The minimum Gasteiger partial charge on any atom is -0.383 e. The van der Waals surface area contributed by atoms with Crippen molar-refractivity contribution in [3.63, 3.8) is 0 Å². The molecule has 1 atom stereocenters. The second kappa shape index (κ2) is 10.7. The van der Waals surface area contributed by atoms with Crippen molar-refractivity contribution < 1.29 is 9.13 Å². The number of nitrogens with one attached hydrogen (secondary N) is 1. The lowest BCUT2D eigenvalue weighted by molar-refractivity contribution is 0.196. The number of benzene rings is 1. The van der Waals surface area contributed by atoms with E-state index < -0.39 is 0 Å². The van der Waals surface area contributed by atoms with Gasteiger partial charge in [0.05, 0.1) is 6.61 Å². The molecule has 1 unspecified atom stereocenters. The molecule has 0 spiro atoms. The fraction of sp³-hybridized carbons (Fsp3) is 0.667. The highest BCUT2D eigenvalue weighted by Crippen LogP contribution is 2.22. The van der Waals surface area contributed by atoms with Crippen molar-refractivity contribution in [1.29, 1.82) is 0 Å². The first kappa shape index (κ1) is 18.1. The van der Waals surface area contributed by atoms with E-state index in [0.29, 0.717) is 5.92 Å². The van der Waals surface area contributed by atoms with Crippen molar-refractivity contribution >= 4 is 0 Å². The largest absolute Gasteiger partial charge is 0.383 e. The van der Waals surface area contributed by atoms with Crippen LogP contribution in [-0.4, -0.2) is 26.8 Å². The van der Waals surface area contributed by atoms with Crippen molar-refractivity contribution in [3.05, 3.63) is 35.6 Å². The van der Waals surface area contributed by atoms with Gasteiger partial charge in [-0.05, 0) is 48.9 Å². The molecule has 0 aromatic heterocycles. The molecule has 2 nitrogen and oxygen atoms in total. The lowest BCUT2D eigenvalue weighted by Crippen LogP contribution is -2.28. The van der Waals surface area contributed by atoms with Gasteiger partial charge in [0.25, 0.3) is 0 Å². The molecule has 0 fully saturated rings. The number of halogens is 1. The number of methoxy groups -OCH3 is 1. The molecule has 0 bridgehead atoms. The number of rotatable bonds is 11. The molecule has 0 saturated heterocycles. The molecule has 0 aliphatic rings. The standard InChI is InChI=1S/C18H30FNO/c1-4-15(5-2)12-17(14-20-10-11-21-3)13-16-6-8-18(19)9-7-16/h6-9,15,17,20H,4-5,10-14H2,1-3H3. The fourth-order valence-electron chi connectivity index (χ4n) is 2.77. The Morgan fingerprint density at radius 1 is 1.10 bits per heavy atom. The summed E-state index contributed by atoms with van der Waals surface area (Å²) in [7, 11) is 1.72. The number of hydrogen-bond acceptors (Lipinski definition) is 2. The van der Waals surface area contributed by atoms with Gasteiger partial charge in [0.2, 0.25) is 0 Å². The summed E-state index contributed by atoms with van der Waals surface area (Å²) in [4.78, 5) is 0. The quantitative estimate of drug-likeness (QED) is 0.622. The maximum Gasteiger partial charge on any atom is 0.123 e. The Morgan fingerprint density at radius 3 is 2.33 bits per heavy atom. The predicted octanol–water partition coefficient (Wildman–Crippen LogP) is 4.05. The van der Waals surface area contributed by atoms with Crippen LogP contribution in [0.4, 0.5) is 4.39 Å². The molecule has 0 heterocycles. The first-order chi connectivity index (χ1) is 10.2. The van der Waals surface area contributed by atoms with Crippen molar-refractivity contribution in [2.75, 3.05) is 26.8 Å². The summed E-state index contributed by atoms with van der Waals surface area (Å²) in [5, 5.41) is 3.47. The van der Waals surface area contributed by atoms with Gasteiger partial charge in [0, 0.05) is 13.7 Å². The maximum atomic E-state index is 13.0. The number of hydrogen-bond donors (Lipinski definition) is 1. The maximum absolute atomic E-state index is 13.0. The average molecular weight is 295 g/mol. The molecule has 0 radical (unpaired) electrons. The average Bonchev–Trinajstić information content (AvgIpc) is 2.51. The van der Waals surface area contributed by atoms with Gasteiger partial charge in [0.15, 0.2) is 0 Å². The van der Waals surface area contributed by atoms with Crippen LogP contribution in [0.15, 0.2) is 24.3 Å². The van der Waals surface area contributed by atoms with E-state index in [1.807, 2.05) is 12.1 Å². The molecule has 3 heteroatoms. The molecular formula is C18H30FNO. The Kier molecular flexibility index (Phi) is 9.27. The second-order valence-electron chi connectivity index (χ2n) is 5.81. The van der Waals surface area contributed by atoms with E-state index in [0.717, 1.165) is 32.0 Å². The first-order valence-corrected chi connectivity index (χ1v) is 8.13. The van der Waals surface area contributed by atoms with Crippen molar-refractivity contribution in [3.8, 4) is 0 Å². The smallest absolute Gasteiger partial charge is 0.123 e. The molecular weight excluding hydrogens is 265 g/mol. The normalized spacial score (nSPS) is 12.8. The minimum absolute atomic E-state index is 0.159. The van der Waals surface area contributed by atoms with Gasteiger partial charge in [-0.25, -0.2) is 4.39 Å². The molecule has 1 aromatic rings. The molecule has 0 amide bonds. The summed E-state index contributed by atoms with van der Waals surface area (Å²) in [6.07, 6.45) is 4.70. The van der Waals surface area contributed by atoms with Crippen molar-refractivity contribution in [2.24, 2.45) is 11.8 Å². The van der Waals surface area contributed by atoms with Crippen LogP contribution < -0.4 is 5.32 Å². The van der Waals surface area contributed by atoms with E-state index in [-0.39, 0.29) is 5.82 Å². The van der Waals surface area contributed by atoms with Crippen molar-refractivity contribution in [1.82, 2.24) is 5.32 Å². The predicted molar refractivity (Wildman–Crippen MR) is 87.0 cm³/mol. The van der Waals surface area contributed by atoms with Crippen LogP contribution in [0.5, 0.6) is 0 Å². The van der Waals surface area contributed by atoms with E-state index >= 15 is 0 Å². The Bertz CT molecular complexity index is 362. The zero-order valence-electron chi connectivity index (χ0n) is 13.7. The summed E-state index contributed by atoms with van der Waals surface area (Å²) in [5.41, 5.74) is 1.22. The monoisotopic (exact) mass is 295 g/mol. The van der Waals surface area contributed by atoms with Gasteiger partial charge < -0.3 is 10.1 Å². The molecule has 21 heavy (non-hydrogen) atoms. The Hall–Kier alpha value is -0.930. The van der Waals surface area contributed by atoms with Gasteiger partial charge in [-0.2, -0.15) is 0 Å². The van der Waals surface area contributed by atoms with E-state index in [9.17, 15) is 4.39 Å². The van der Waals surface area contributed by atoms with Crippen LogP contribution in [0.1, 0.15) is 38.7 Å².